The molecule has 2 heteroatoms. The molecule has 1 N–H and O–H groups in total. The average molecular weight is 231 g/mol. The third-order valence-electron chi connectivity index (χ3n) is 4.06. The van der Waals surface area contributed by atoms with Gasteiger partial charge in [-0.1, -0.05) is 25.0 Å². The minimum Gasteiger partial charge on any atom is -0.493 e. The van der Waals surface area contributed by atoms with Gasteiger partial charge in [0, 0.05) is 6.04 Å². The standard InChI is InChI=1S/C15H21NO/c1-16-14-8-7-13-12(14)3-2-4-15(13)17-10-9-11-5-6-11/h2-4,11,14,16H,5-10H2,1H3. The molecule has 2 aliphatic rings. The molecule has 1 saturated carbocycles. The van der Waals surface area contributed by atoms with Crippen LogP contribution >= 0.6 is 0 Å². The first-order chi connectivity index (χ1) is 8.38. The van der Waals surface area contributed by atoms with E-state index in [0.29, 0.717) is 6.04 Å². The molecule has 1 aromatic rings. The van der Waals surface area contributed by atoms with E-state index in [1.165, 1.54) is 36.8 Å². The number of ether oxygens (including phenoxy) is 1. The zero-order chi connectivity index (χ0) is 11.7. The summed E-state index contributed by atoms with van der Waals surface area (Å²) < 4.78 is 5.96. The highest BCUT2D eigenvalue weighted by molar-refractivity contribution is 5.45. The summed E-state index contributed by atoms with van der Waals surface area (Å²) in [7, 11) is 2.04. The molecule has 2 nitrogen and oxygen atoms in total. The van der Waals surface area contributed by atoms with E-state index >= 15 is 0 Å². The Kier molecular flexibility index (Phi) is 3.06. The number of hydrogen-bond donors (Lipinski definition) is 1. The van der Waals surface area contributed by atoms with Crippen LogP contribution in [-0.4, -0.2) is 13.7 Å². The van der Waals surface area contributed by atoms with Crippen molar-refractivity contribution in [3.05, 3.63) is 29.3 Å². The Bertz CT molecular complexity index is 398. The van der Waals surface area contributed by atoms with Crippen molar-refractivity contribution >= 4 is 0 Å². The lowest BCUT2D eigenvalue weighted by molar-refractivity contribution is 0.300. The molecule has 92 valence electrons. The van der Waals surface area contributed by atoms with Gasteiger partial charge in [0.15, 0.2) is 0 Å². The Labute approximate surface area is 103 Å². The Hall–Kier alpha value is -1.02. The van der Waals surface area contributed by atoms with Crippen LogP contribution in [0.4, 0.5) is 0 Å². The van der Waals surface area contributed by atoms with Gasteiger partial charge in [-0.2, -0.15) is 0 Å². The molecular formula is C15H21NO. The minimum absolute atomic E-state index is 0.525. The van der Waals surface area contributed by atoms with E-state index in [4.69, 9.17) is 4.74 Å². The zero-order valence-corrected chi connectivity index (χ0v) is 10.5. The maximum atomic E-state index is 5.96. The van der Waals surface area contributed by atoms with Gasteiger partial charge >= 0.3 is 0 Å². The Morgan fingerprint density at radius 1 is 1.29 bits per heavy atom. The second-order valence-electron chi connectivity index (χ2n) is 5.28. The van der Waals surface area contributed by atoms with Crippen molar-refractivity contribution in [3.63, 3.8) is 0 Å². The summed E-state index contributed by atoms with van der Waals surface area (Å²) >= 11 is 0. The van der Waals surface area contributed by atoms with Gasteiger partial charge in [0.1, 0.15) is 5.75 Å². The lowest BCUT2D eigenvalue weighted by Gasteiger charge is -2.13. The fourth-order valence-corrected chi connectivity index (χ4v) is 2.80. The van der Waals surface area contributed by atoms with Crippen LogP contribution in [0.1, 0.15) is 42.9 Å². The summed E-state index contributed by atoms with van der Waals surface area (Å²) in [6.45, 7) is 0.894. The van der Waals surface area contributed by atoms with Crippen LogP contribution < -0.4 is 10.1 Å². The predicted molar refractivity (Wildman–Crippen MR) is 69.4 cm³/mol. The highest BCUT2D eigenvalue weighted by Crippen LogP contribution is 2.37. The van der Waals surface area contributed by atoms with E-state index < -0.39 is 0 Å². The first kappa shape index (κ1) is 11.1. The average Bonchev–Trinajstić information content (AvgIpc) is 3.07. The molecule has 1 fully saturated rings. The van der Waals surface area contributed by atoms with E-state index in [0.717, 1.165) is 24.7 Å². The highest BCUT2D eigenvalue weighted by atomic mass is 16.5. The molecule has 3 rings (SSSR count). The number of benzene rings is 1. The molecule has 0 heterocycles. The van der Waals surface area contributed by atoms with Gasteiger partial charge in [0.2, 0.25) is 0 Å². The lowest BCUT2D eigenvalue weighted by Crippen LogP contribution is -2.12. The first-order valence-corrected chi connectivity index (χ1v) is 6.80. The number of rotatable bonds is 5. The third kappa shape index (κ3) is 2.32. The highest BCUT2D eigenvalue weighted by Gasteiger charge is 2.24. The SMILES string of the molecule is CNC1CCc2c(OCCC3CC3)cccc21. The van der Waals surface area contributed by atoms with Crippen molar-refractivity contribution in [1.82, 2.24) is 5.32 Å². The third-order valence-corrected chi connectivity index (χ3v) is 4.06. The van der Waals surface area contributed by atoms with Crippen LogP contribution in [0.25, 0.3) is 0 Å². The summed E-state index contributed by atoms with van der Waals surface area (Å²) in [4.78, 5) is 0. The van der Waals surface area contributed by atoms with Crippen molar-refractivity contribution in [2.75, 3.05) is 13.7 Å². The number of nitrogens with one attached hydrogen (secondary N) is 1. The van der Waals surface area contributed by atoms with Crippen LogP contribution in [0.2, 0.25) is 0 Å². The lowest BCUT2D eigenvalue weighted by atomic mass is 10.1. The van der Waals surface area contributed by atoms with Crippen molar-refractivity contribution in [2.24, 2.45) is 5.92 Å². The molecule has 17 heavy (non-hydrogen) atoms. The van der Waals surface area contributed by atoms with Crippen molar-refractivity contribution in [3.8, 4) is 5.75 Å². The van der Waals surface area contributed by atoms with Gasteiger partial charge in [-0.15, -0.1) is 0 Å². The summed E-state index contributed by atoms with van der Waals surface area (Å²) in [6.07, 6.45) is 6.42. The normalized spacial score (nSPS) is 22.5. The first-order valence-electron chi connectivity index (χ1n) is 6.80. The van der Waals surface area contributed by atoms with Crippen LogP contribution in [0, 0.1) is 5.92 Å². The van der Waals surface area contributed by atoms with Crippen LogP contribution in [0.3, 0.4) is 0 Å². The maximum absolute atomic E-state index is 5.96. The molecule has 0 amide bonds. The summed E-state index contributed by atoms with van der Waals surface area (Å²) in [5.41, 5.74) is 2.87. The fourth-order valence-electron chi connectivity index (χ4n) is 2.80. The van der Waals surface area contributed by atoms with Crippen LogP contribution in [0.15, 0.2) is 18.2 Å². The fraction of sp³-hybridized carbons (Fsp3) is 0.600. The van der Waals surface area contributed by atoms with Crippen molar-refractivity contribution < 1.29 is 4.74 Å². The van der Waals surface area contributed by atoms with Gasteiger partial charge in [-0.05, 0) is 49.4 Å². The van der Waals surface area contributed by atoms with Gasteiger partial charge < -0.3 is 10.1 Å². The van der Waals surface area contributed by atoms with E-state index in [9.17, 15) is 0 Å². The Morgan fingerprint density at radius 2 is 2.18 bits per heavy atom. The summed E-state index contributed by atoms with van der Waals surface area (Å²) in [6, 6.07) is 7.01. The molecule has 0 saturated heterocycles. The molecule has 1 aromatic carbocycles. The smallest absolute Gasteiger partial charge is 0.122 e. The molecule has 0 aliphatic heterocycles. The topological polar surface area (TPSA) is 21.3 Å². The monoisotopic (exact) mass is 231 g/mol. The van der Waals surface area contributed by atoms with E-state index in [2.05, 4.69) is 23.5 Å². The van der Waals surface area contributed by atoms with Gasteiger partial charge in [0.05, 0.1) is 6.61 Å². The Balaban J connectivity index is 1.69. The van der Waals surface area contributed by atoms with E-state index in [-0.39, 0.29) is 0 Å². The van der Waals surface area contributed by atoms with Crippen LogP contribution in [0.5, 0.6) is 5.75 Å². The molecule has 0 spiro atoms. The summed E-state index contributed by atoms with van der Waals surface area (Å²) in [5, 5.41) is 3.38. The number of fused-ring (bicyclic) bond motifs is 1. The second kappa shape index (κ2) is 4.69. The van der Waals surface area contributed by atoms with Crippen LogP contribution in [-0.2, 0) is 6.42 Å². The quantitative estimate of drug-likeness (QED) is 0.841. The van der Waals surface area contributed by atoms with Crippen molar-refractivity contribution in [2.45, 2.75) is 38.1 Å². The maximum Gasteiger partial charge on any atom is 0.122 e. The molecular weight excluding hydrogens is 210 g/mol. The minimum atomic E-state index is 0.525. The second-order valence-corrected chi connectivity index (χ2v) is 5.28. The van der Waals surface area contributed by atoms with Gasteiger partial charge in [-0.3, -0.25) is 0 Å². The zero-order valence-electron chi connectivity index (χ0n) is 10.5. The van der Waals surface area contributed by atoms with Gasteiger partial charge in [-0.25, -0.2) is 0 Å². The molecule has 1 atom stereocenters. The molecule has 1 unspecified atom stereocenters. The largest absolute Gasteiger partial charge is 0.493 e. The Morgan fingerprint density at radius 3 is 2.94 bits per heavy atom. The van der Waals surface area contributed by atoms with Gasteiger partial charge in [0.25, 0.3) is 0 Å². The molecule has 0 bridgehead atoms. The predicted octanol–water partition coefficient (Wildman–Crippen LogP) is 3.07. The molecule has 0 aromatic heterocycles. The molecule has 0 radical (unpaired) electrons. The summed E-state index contributed by atoms with van der Waals surface area (Å²) in [5.74, 6) is 2.08. The van der Waals surface area contributed by atoms with E-state index in [1.807, 2.05) is 7.05 Å². The van der Waals surface area contributed by atoms with Crippen molar-refractivity contribution in [1.29, 1.82) is 0 Å². The number of hydrogen-bond acceptors (Lipinski definition) is 2. The molecule has 2 aliphatic carbocycles. The van der Waals surface area contributed by atoms with E-state index in [1.54, 1.807) is 0 Å².